The number of primary amides is 1. The number of anilines is 1. The number of nitrogens with zero attached hydrogens (tertiary/aromatic N) is 2. The molecule has 2 heterocycles. The maximum absolute atomic E-state index is 12.5. The quantitative estimate of drug-likeness (QED) is 0.871. The lowest BCUT2D eigenvalue weighted by molar-refractivity contribution is -0.119. The molecular formula is C17H18N4O2S. The van der Waals surface area contributed by atoms with Crippen molar-refractivity contribution in [3.63, 3.8) is 0 Å². The number of benzene rings is 1. The molecule has 2 amide bonds. The van der Waals surface area contributed by atoms with E-state index in [0.717, 1.165) is 10.6 Å². The second-order valence-corrected chi connectivity index (χ2v) is 6.54. The zero-order valence-electron chi connectivity index (χ0n) is 13.2. The third-order valence-corrected chi connectivity index (χ3v) is 4.89. The number of rotatable bonds is 5. The van der Waals surface area contributed by atoms with Crippen molar-refractivity contribution < 1.29 is 9.59 Å². The number of nitrogens with one attached hydrogen (secondary N) is 1. The Bertz CT molecular complexity index is 758. The lowest BCUT2D eigenvalue weighted by Gasteiger charge is -2.20. The fraction of sp³-hybridized carbons (Fsp3) is 0.235. The van der Waals surface area contributed by atoms with Gasteiger partial charge in [-0.05, 0) is 30.5 Å². The van der Waals surface area contributed by atoms with E-state index >= 15 is 0 Å². The number of hydrazone groups is 1. The normalized spacial score (nSPS) is 18.1. The van der Waals surface area contributed by atoms with Gasteiger partial charge in [0, 0.05) is 11.3 Å². The largest absolute Gasteiger partial charge is 0.368 e. The minimum absolute atomic E-state index is 0.113. The van der Waals surface area contributed by atoms with Crippen LogP contribution >= 0.6 is 11.3 Å². The number of hydrogen-bond donors (Lipinski definition) is 2. The SMILES string of the molecule is CC(NC(=O)C1=NN(c2ccccc2)C(C(N)=O)C1)c1cccs1. The third kappa shape index (κ3) is 3.30. The second kappa shape index (κ2) is 6.84. The average Bonchev–Trinajstić information content (AvgIpc) is 3.25. The summed E-state index contributed by atoms with van der Waals surface area (Å²) in [6.45, 7) is 1.92. The zero-order chi connectivity index (χ0) is 17.1. The molecule has 0 spiro atoms. The van der Waals surface area contributed by atoms with Gasteiger partial charge in [0.2, 0.25) is 5.91 Å². The molecule has 0 saturated carbocycles. The van der Waals surface area contributed by atoms with Gasteiger partial charge in [0.15, 0.2) is 0 Å². The summed E-state index contributed by atoms with van der Waals surface area (Å²) in [5, 5.41) is 10.7. The first kappa shape index (κ1) is 16.2. The smallest absolute Gasteiger partial charge is 0.268 e. The molecule has 1 aromatic heterocycles. The molecule has 0 fully saturated rings. The molecule has 7 heteroatoms. The molecule has 2 aromatic rings. The summed E-state index contributed by atoms with van der Waals surface area (Å²) < 4.78 is 0. The number of hydrogen-bond acceptors (Lipinski definition) is 5. The molecule has 0 bridgehead atoms. The predicted octanol–water partition coefficient (Wildman–Crippen LogP) is 2.05. The third-order valence-electron chi connectivity index (χ3n) is 3.84. The van der Waals surface area contributed by atoms with Crippen LogP contribution in [0.25, 0.3) is 0 Å². The lowest BCUT2D eigenvalue weighted by atomic mass is 10.1. The van der Waals surface area contributed by atoms with Gasteiger partial charge in [0.1, 0.15) is 11.8 Å². The van der Waals surface area contributed by atoms with Gasteiger partial charge < -0.3 is 11.1 Å². The van der Waals surface area contributed by atoms with E-state index in [4.69, 9.17) is 5.73 Å². The zero-order valence-corrected chi connectivity index (χ0v) is 14.0. The number of carbonyl (C=O) groups excluding carboxylic acids is 2. The van der Waals surface area contributed by atoms with Crippen molar-refractivity contribution in [3.05, 3.63) is 52.7 Å². The Morgan fingerprint density at radius 3 is 2.67 bits per heavy atom. The van der Waals surface area contributed by atoms with E-state index in [-0.39, 0.29) is 18.4 Å². The number of para-hydroxylation sites is 1. The van der Waals surface area contributed by atoms with Gasteiger partial charge in [-0.1, -0.05) is 24.3 Å². The summed E-state index contributed by atoms with van der Waals surface area (Å²) in [6, 6.07) is 12.4. The lowest BCUT2D eigenvalue weighted by Crippen LogP contribution is -2.40. The molecule has 124 valence electrons. The fourth-order valence-corrected chi connectivity index (χ4v) is 3.31. The Labute approximate surface area is 144 Å². The van der Waals surface area contributed by atoms with Gasteiger partial charge in [-0.3, -0.25) is 14.6 Å². The minimum Gasteiger partial charge on any atom is -0.368 e. The van der Waals surface area contributed by atoms with E-state index < -0.39 is 11.9 Å². The van der Waals surface area contributed by atoms with Crippen molar-refractivity contribution in [2.75, 3.05) is 5.01 Å². The highest BCUT2D eigenvalue weighted by Crippen LogP contribution is 2.25. The van der Waals surface area contributed by atoms with Gasteiger partial charge in [-0.15, -0.1) is 11.3 Å². The summed E-state index contributed by atoms with van der Waals surface area (Å²) in [5.74, 6) is -0.780. The van der Waals surface area contributed by atoms with Gasteiger partial charge >= 0.3 is 0 Å². The van der Waals surface area contributed by atoms with E-state index in [1.165, 1.54) is 5.01 Å². The Balaban J connectivity index is 1.78. The van der Waals surface area contributed by atoms with E-state index in [0.29, 0.717) is 5.71 Å². The standard InChI is InChI=1S/C17H18N4O2S/c1-11(15-8-5-9-24-15)19-17(23)13-10-14(16(18)22)21(20-13)12-6-3-2-4-7-12/h2-9,11,14H,10H2,1H3,(H2,18,22)(H,19,23). The first-order valence-corrected chi connectivity index (χ1v) is 8.49. The van der Waals surface area contributed by atoms with Crippen molar-refractivity contribution in [1.82, 2.24) is 5.32 Å². The van der Waals surface area contributed by atoms with Crippen LogP contribution in [-0.4, -0.2) is 23.6 Å². The van der Waals surface area contributed by atoms with E-state index in [1.54, 1.807) is 11.3 Å². The molecule has 2 unspecified atom stereocenters. The molecule has 2 atom stereocenters. The molecular weight excluding hydrogens is 324 g/mol. The maximum Gasteiger partial charge on any atom is 0.268 e. The Morgan fingerprint density at radius 1 is 1.29 bits per heavy atom. The van der Waals surface area contributed by atoms with Gasteiger partial charge in [0.25, 0.3) is 5.91 Å². The van der Waals surface area contributed by atoms with Gasteiger partial charge in [0.05, 0.1) is 11.7 Å². The van der Waals surface area contributed by atoms with Crippen LogP contribution in [-0.2, 0) is 9.59 Å². The summed E-state index contributed by atoms with van der Waals surface area (Å²) in [6.07, 6.45) is 0.202. The van der Waals surface area contributed by atoms with Crippen LogP contribution in [0.4, 0.5) is 5.69 Å². The van der Waals surface area contributed by atoms with Gasteiger partial charge in [-0.2, -0.15) is 5.10 Å². The highest BCUT2D eigenvalue weighted by Gasteiger charge is 2.35. The Hall–Kier alpha value is -2.67. The minimum atomic E-state index is -0.648. The molecule has 3 rings (SSSR count). The monoisotopic (exact) mass is 342 g/mol. The molecule has 3 N–H and O–H groups in total. The van der Waals surface area contributed by atoms with Crippen LogP contribution in [0.5, 0.6) is 0 Å². The molecule has 1 aromatic carbocycles. The van der Waals surface area contributed by atoms with E-state index in [2.05, 4.69) is 10.4 Å². The molecule has 6 nitrogen and oxygen atoms in total. The van der Waals surface area contributed by atoms with Crippen molar-refractivity contribution in [1.29, 1.82) is 0 Å². The number of amides is 2. The molecule has 24 heavy (non-hydrogen) atoms. The van der Waals surface area contributed by atoms with E-state index in [1.807, 2.05) is 54.8 Å². The highest BCUT2D eigenvalue weighted by atomic mass is 32.1. The summed E-state index contributed by atoms with van der Waals surface area (Å²) >= 11 is 1.58. The molecule has 1 aliphatic heterocycles. The predicted molar refractivity (Wildman–Crippen MR) is 94.8 cm³/mol. The Kier molecular flexibility index (Phi) is 4.61. The van der Waals surface area contributed by atoms with Crippen LogP contribution in [0.3, 0.4) is 0 Å². The van der Waals surface area contributed by atoms with Crippen molar-refractivity contribution in [2.24, 2.45) is 10.8 Å². The van der Waals surface area contributed by atoms with Crippen molar-refractivity contribution in [2.45, 2.75) is 25.4 Å². The fourth-order valence-electron chi connectivity index (χ4n) is 2.58. The van der Waals surface area contributed by atoms with Gasteiger partial charge in [-0.25, -0.2) is 0 Å². The summed E-state index contributed by atoms with van der Waals surface area (Å²) in [5.41, 5.74) is 6.53. The maximum atomic E-state index is 12.5. The summed E-state index contributed by atoms with van der Waals surface area (Å²) in [4.78, 5) is 25.3. The topological polar surface area (TPSA) is 87.8 Å². The molecule has 0 saturated heterocycles. The van der Waals surface area contributed by atoms with Crippen LogP contribution in [0.15, 0.2) is 52.9 Å². The average molecular weight is 342 g/mol. The number of thiophene rings is 1. The number of nitrogens with two attached hydrogens (primary N) is 1. The first-order valence-electron chi connectivity index (χ1n) is 7.61. The summed E-state index contributed by atoms with van der Waals surface area (Å²) in [7, 11) is 0. The highest BCUT2D eigenvalue weighted by molar-refractivity contribution is 7.10. The van der Waals surface area contributed by atoms with E-state index in [9.17, 15) is 9.59 Å². The number of carbonyl (C=O) groups is 2. The van der Waals surface area contributed by atoms with Crippen LogP contribution in [0.1, 0.15) is 24.3 Å². The molecule has 0 aliphatic carbocycles. The molecule has 1 aliphatic rings. The van der Waals surface area contributed by atoms with Crippen LogP contribution in [0.2, 0.25) is 0 Å². The van der Waals surface area contributed by atoms with Crippen molar-refractivity contribution in [3.8, 4) is 0 Å². The van der Waals surface area contributed by atoms with Crippen LogP contribution < -0.4 is 16.1 Å². The Morgan fingerprint density at radius 2 is 2.04 bits per heavy atom. The van der Waals surface area contributed by atoms with Crippen LogP contribution in [0, 0.1) is 0 Å². The molecule has 0 radical (unpaired) electrons. The van der Waals surface area contributed by atoms with Crippen molar-refractivity contribution >= 4 is 34.6 Å². The first-order chi connectivity index (χ1) is 11.6. The second-order valence-electron chi connectivity index (χ2n) is 5.56.